The summed E-state index contributed by atoms with van der Waals surface area (Å²) < 4.78 is 11.1. The number of ether oxygens (including phenoxy) is 2. The molecular formula is C26H28N2O4. The van der Waals surface area contributed by atoms with Crippen molar-refractivity contribution in [3.8, 4) is 17.2 Å². The summed E-state index contributed by atoms with van der Waals surface area (Å²) in [6, 6.07) is 18.3. The van der Waals surface area contributed by atoms with Gasteiger partial charge in [-0.3, -0.25) is 4.90 Å². The molecule has 0 saturated carbocycles. The lowest BCUT2D eigenvalue weighted by Gasteiger charge is -2.38. The molecule has 1 unspecified atom stereocenters. The normalized spacial score (nSPS) is 16.2. The third-order valence-corrected chi connectivity index (χ3v) is 6.02. The van der Waals surface area contributed by atoms with E-state index in [9.17, 15) is 5.11 Å². The molecule has 0 aliphatic carbocycles. The molecule has 0 spiro atoms. The van der Waals surface area contributed by atoms with Gasteiger partial charge in [-0.2, -0.15) is 0 Å². The molecule has 6 nitrogen and oxygen atoms in total. The van der Waals surface area contributed by atoms with Crippen molar-refractivity contribution in [1.29, 1.82) is 0 Å². The molecule has 1 aliphatic heterocycles. The average molecular weight is 433 g/mol. The molecule has 3 aromatic carbocycles. The summed E-state index contributed by atoms with van der Waals surface area (Å²) >= 11 is 0. The molecule has 0 aromatic heterocycles. The van der Waals surface area contributed by atoms with Crippen LogP contribution in [0.1, 0.15) is 39.4 Å². The quantitative estimate of drug-likeness (QED) is 0.336. The van der Waals surface area contributed by atoms with E-state index in [1.165, 1.54) is 22.9 Å². The Bertz CT molecular complexity index is 1130. The number of hydrogen-bond acceptors (Lipinski definition) is 6. The van der Waals surface area contributed by atoms with Crippen LogP contribution in [0.2, 0.25) is 0 Å². The molecular weight excluding hydrogens is 404 g/mol. The van der Waals surface area contributed by atoms with Gasteiger partial charge < -0.3 is 19.8 Å². The Morgan fingerprint density at radius 3 is 2.47 bits per heavy atom. The first-order valence-corrected chi connectivity index (χ1v) is 10.6. The molecule has 166 valence electrons. The van der Waals surface area contributed by atoms with Crippen LogP contribution in [0.25, 0.3) is 0 Å². The Balaban J connectivity index is 1.80. The smallest absolute Gasteiger partial charge is 0.161 e. The number of nitrogens with zero attached hydrogens (tertiary/aromatic N) is 2. The van der Waals surface area contributed by atoms with Crippen molar-refractivity contribution in [3.05, 3.63) is 88.0 Å². The lowest BCUT2D eigenvalue weighted by Crippen LogP contribution is -2.35. The van der Waals surface area contributed by atoms with Gasteiger partial charge in [0.15, 0.2) is 11.5 Å². The van der Waals surface area contributed by atoms with Crippen LogP contribution in [0.3, 0.4) is 0 Å². The molecule has 4 rings (SSSR count). The highest BCUT2D eigenvalue weighted by Gasteiger charge is 2.31. The van der Waals surface area contributed by atoms with Crippen LogP contribution < -0.4 is 9.47 Å². The number of oxime groups is 1. The number of aryl methyl sites for hydroxylation is 1. The second kappa shape index (κ2) is 9.32. The predicted molar refractivity (Wildman–Crippen MR) is 124 cm³/mol. The van der Waals surface area contributed by atoms with E-state index in [4.69, 9.17) is 14.7 Å². The zero-order valence-corrected chi connectivity index (χ0v) is 18.6. The van der Waals surface area contributed by atoms with Gasteiger partial charge in [-0.1, -0.05) is 41.6 Å². The van der Waals surface area contributed by atoms with Gasteiger partial charge in [-0.05, 0) is 53.8 Å². The Morgan fingerprint density at radius 1 is 1.06 bits per heavy atom. The van der Waals surface area contributed by atoms with Gasteiger partial charge in [0.1, 0.15) is 5.75 Å². The second-order valence-corrected chi connectivity index (χ2v) is 8.05. The summed E-state index contributed by atoms with van der Waals surface area (Å²) in [6.45, 7) is 3.33. The molecule has 6 heteroatoms. The van der Waals surface area contributed by atoms with Crippen molar-refractivity contribution >= 4 is 6.21 Å². The number of phenolic OH excluding ortho intramolecular Hbond substituents is 1. The van der Waals surface area contributed by atoms with E-state index in [2.05, 4.69) is 34.3 Å². The molecule has 1 heterocycles. The number of phenols is 1. The van der Waals surface area contributed by atoms with Gasteiger partial charge in [-0.15, -0.1) is 0 Å². The van der Waals surface area contributed by atoms with Crippen LogP contribution in [0.15, 0.2) is 59.8 Å². The molecule has 1 aliphatic rings. The number of benzene rings is 3. The van der Waals surface area contributed by atoms with Crippen molar-refractivity contribution in [1.82, 2.24) is 4.90 Å². The summed E-state index contributed by atoms with van der Waals surface area (Å²) in [7, 11) is 3.30. The Labute approximate surface area is 188 Å². The monoisotopic (exact) mass is 432 g/mol. The van der Waals surface area contributed by atoms with E-state index in [1.807, 2.05) is 31.2 Å². The van der Waals surface area contributed by atoms with Gasteiger partial charge in [0.2, 0.25) is 0 Å². The minimum absolute atomic E-state index is 0.00497. The van der Waals surface area contributed by atoms with Gasteiger partial charge in [0.05, 0.1) is 26.5 Å². The van der Waals surface area contributed by atoms with Crippen molar-refractivity contribution in [3.63, 3.8) is 0 Å². The maximum absolute atomic E-state index is 10.8. The van der Waals surface area contributed by atoms with Crippen LogP contribution in [-0.4, -0.2) is 42.2 Å². The first-order valence-electron chi connectivity index (χ1n) is 10.6. The number of rotatable bonds is 6. The number of aromatic hydroxyl groups is 1. The lowest BCUT2D eigenvalue weighted by molar-refractivity contribution is 0.201. The SMILES string of the molecule is COc1cc2c(cc1OC)C(c1ccccc1)N(Cc1cc(C)cc(/C=N/O)c1O)CC2. The van der Waals surface area contributed by atoms with Crippen LogP contribution in [0.4, 0.5) is 0 Å². The van der Waals surface area contributed by atoms with E-state index >= 15 is 0 Å². The van der Waals surface area contributed by atoms with Gasteiger partial charge >= 0.3 is 0 Å². The van der Waals surface area contributed by atoms with Crippen LogP contribution >= 0.6 is 0 Å². The summed E-state index contributed by atoms with van der Waals surface area (Å²) in [5, 5.41) is 22.9. The fourth-order valence-corrected chi connectivity index (χ4v) is 4.58. The fourth-order valence-electron chi connectivity index (χ4n) is 4.58. The molecule has 32 heavy (non-hydrogen) atoms. The number of hydrogen-bond donors (Lipinski definition) is 2. The highest BCUT2D eigenvalue weighted by molar-refractivity contribution is 5.84. The molecule has 1 atom stereocenters. The summed E-state index contributed by atoms with van der Waals surface area (Å²) in [5.41, 5.74) is 5.86. The third-order valence-electron chi connectivity index (χ3n) is 6.02. The van der Waals surface area contributed by atoms with Crippen LogP contribution in [-0.2, 0) is 13.0 Å². The standard InChI is InChI=1S/C26H28N2O4/c1-17-11-20(15-27-30)26(29)21(12-17)16-28-10-9-19-13-23(31-2)24(32-3)14-22(19)25(28)18-7-5-4-6-8-18/h4-8,11-15,25,29-30H,9-10,16H2,1-3H3/b27-15+. The van der Waals surface area contributed by atoms with Crippen LogP contribution in [0, 0.1) is 6.92 Å². The van der Waals surface area contributed by atoms with Crippen LogP contribution in [0.5, 0.6) is 17.2 Å². The zero-order valence-electron chi connectivity index (χ0n) is 18.6. The first-order chi connectivity index (χ1) is 15.5. The third kappa shape index (κ3) is 4.14. The minimum atomic E-state index is -0.00497. The molecule has 2 N–H and O–H groups in total. The van der Waals surface area contributed by atoms with Crippen molar-refractivity contribution in [2.75, 3.05) is 20.8 Å². The Kier molecular flexibility index (Phi) is 6.32. The summed E-state index contributed by atoms with van der Waals surface area (Å²) in [6.07, 6.45) is 2.12. The van der Waals surface area contributed by atoms with E-state index in [-0.39, 0.29) is 11.8 Å². The topological polar surface area (TPSA) is 74.5 Å². The largest absolute Gasteiger partial charge is 0.507 e. The highest BCUT2D eigenvalue weighted by Crippen LogP contribution is 2.42. The highest BCUT2D eigenvalue weighted by atomic mass is 16.5. The molecule has 0 fully saturated rings. The second-order valence-electron chi connectivity index (χ2n) is 8.05. The van der Waals surface area contributed by atoms with E-state index in [1.54, 1.807) is 20.3 Å². The Hall–Kier alpha value is -3.51. The van der Waals surface area contributed by atoms with Gasteiger partial charge in [0.25, 0.3) is 0 Å². The molecule has 0 saturated heterocycles. The fraction of sp³-hybridized carbons (Fsp3) is 0.269. The van der Waals surface area contributed by atoms with Crippen molar-refractivity contribution in [2.45, 2.75) is 25.9 Å². The molecule has 0 amide bonds. The first kappa shape index (κ1) is 21.7. The molecule has 0 radical (unpaired) electrons. The Morgan fingerprint density at radius 2 is 1.78 bits per heavy atom. The predicted octanol–water partition coefficient (Wildman–Crippen LogP) is 4.67. The van der Waals surface area contributed by atoms with E-state index in [0.717, 1.165) is 29.8 Å². The molecule has 3 aromatic rings. The van der Waals surface area contributed by atoms with Crippen molar-refractivity contribution in [2.24, 2.45) is 5.16 Å². The maximum Gasteiger partial charge on any atom is 0.161 e. The maximum atomic E-state index is 10.8. The zero-order chi connectivity index (χ0) is 22.7. The average Bonchev–Trinajstić information content (AvgIpc) is 2.81. The van der Waals surface area contributed by atoms with Gasteiger partial charge in [-0.25, -0.2) is 0 Å². The van der Waals surface area contributed by atoms with Gasteiger partial charge in [0, 0.05) is 24.2 Å². The van der Waals surface area contributed by atoms with E-state index < -0.39 is 0 Å². The lowest BCUT2D eigenvalue weighted by atomic mass is 9.87. The van der Waals surface area contributed by atoms with Crippen molar-refractivity contribution < 1.29 is 19.8 Å². The number of methoxy groups -OCH3 is 2. The molecule has 0 bridgehead atoms. The minimum Gasteiger partial charge on any atom is -0.507 e. The number of fused-ring (bicyclic) bond motifs is 1. The summed E-state index contributed by atoms with van der Waals surface area (Å²) in [4.78, 5) is 2.36. The van der Waals surface area contributed by atoms with E-state index in [0.29, 0.717) is 17.9 Å². The summed E-state index contributed by atoms with van der Waals surface area (Å²) in [5.74, 6) is 1.57.